The van der Waals surface area contributed by atoms with Crippen molar-refractivity contribution in [3.8, 4) is 0 Å². The third-order valence-corrected chi connectivity index (χ3v) is 3.82. The van der Waals surface area contributed by atoms with Crippen LogP contribution in [0.1, 0.15) is 39.5 Å². The maximum absolute atomic E-state index is 11.4. The fourth-order valence-corrected chi connectivity index (χ4v) is 2.28. The van der Waals surface area contributed by atoms with Crippen molar-refractivity contribution in [1.29, 1.82) is 0 Å². The van der Waals surface area contributed by atoms with Gasteiger partial charge < -0.3 is 10.5 Å². The zero-order valence-corrected chi connectivity index (χ0v) is 12.3. The second-order valence-corrected chi connectivity index (χ2v) is 5.45. The number of Topliss-reactive ketones (excluding diaryl/α,β-unsaturated/α-hetero) is 1. The molecular weight excluding hydrogens is 250 g/mol. The Hall–Kier alpha value is -0.550. The Bertz CT molecular complexity index is 246. The Kier molecular flexibility index (Phi) is 11.2. The first kappa shape index (κ1) is 17.4. The smallest absolute Gasteiger partial charge is 0.305 e. The van der Waals surface area contributed by atoms with E-state index in [-0.39, 0.29) is 17.7 Å². The normalized spacial score (nSPS) is 12.2. The first-order chi connectivity index (χ1) is 8.61. The average Bonchev–Trinajstić information content (AvgIpc) is 2.34. The van der Waals surface area contributed by atoms with Gasteiger partial charge in [-0.15, -0.1) is 0 Å². The van der Waals surface area contributed by atoms with Gasteiger partial charge in [-0.05, 0) is 31.9 Å². The number of ketones is 1. The van der Waals surface area contributed by atoms with E-state index in [1.807, 2.05) is 6.92 Å². The van der Waals surface area contributed by atoms with Crippen LogP contribution in [0.4, 0.5) is 0 Å². The molecule has 18 heavy (non-hydrogen) atoms. The molecule has 0 aliphatic heterocycles. The maximum atomic E-state index is 11.4. The summed E-state index contributed by atoms with van der Waals surface area (Å²) in [5, 5.41) is 0. The number of ether oxygens (including phenoxy) is 1. The molecule has 0 radical (unpaired) electrons. The zero-order chi connectivity index (χ0) is 13.8. The lowest BCUT2D eigenvalue weighted by molar-refractivity contribution is -0.144. The number of esters is 1. The summed E-state index contributed by atoms with van der Waals surface area (Å²) < 4.78 is 5.10. The van der Waals surface area contributed by atoms with Gasteiger partial charge in [-0.2, -0.15) is 11.8 Å². The van der Waals surface area contributed by atoms with Crippen molar-refractivity contribution in [3.63, 3.8) is 0 Å². The average molecular weight is 275 g/mol. The first-order valence-electron chi connectivity index (χ1n) is 6.55. The van der Waals surface area contributed by atoms with Crippen molar-refractivity contribution in [3.05, 3.63) is 0 Å². The van der Waals surface area contributed by atoms with Crippen LogP contribution in [-0.4, -0.2) is 36.4 Å². The van der Waals surface area contributed by atoms with Crippen molar-refractivity contribution in [2.45, 2.75) is 39.5 Å². The Balaban J connectivity index is 3.50. The van der Waals surface area contributed by atoms with Gasteiger partial charge in [0.15, 0.2) is 0 Å². The summed E-state index contributed by atoms with van der Waals surface area (Å²) in [4.78, 5) is 22.6. The summed E-state index contributed by atoms with van der Waals surface area (Å²) in [6.45, 7) is 4.70. The van der Waals surface area contributed by atoms with Crippen LogP contribution in [0.25, 0.3) is 0 Å². The molecule has 0 rings (SSSR count). The minimum Gasteiger partial charge on any atom is -0.466 e. The van der Waals surface area contributed by atoms with Gasteiger partial charge in [0, 0.05) is 24.6 Å². The van der Waals surface area contributed by atoms with Crippen molar-refractivity contribution >= 4 is 23.5 Å². The van der Waals surface area contributed by atoms with Gasteiger partial charge in [0.1, 0.15) is 5.78 Å². The van der Waals surface area contributed by atoms with E-state index in [9.17, 15) is 9.59 Å². The second-order valence-electron chi connectivity index (χ2n) is 4.23. The van der Waals surface area contributed by atoms with Crippen molar-refractivity contribution in [2.24, 2.45) is 11.7 Å². The molecule has 1 atom stereocenters. The SMILES string of the molecule is CCC(CCC(=O)OCCCSCCN)C(C)=O. The number of thioether (sulfide) groups is 1. The fourth-order valence-electron chi connectivity index (χ4n) is 1.59. The Labute approximate surface area is 114 Å². The van der Waals surface area contributed by atoms with Crippen LogP contribution in [0.2, 0.25) is 0 Å². The highest BCUT2D eigenvalue weighted by atomic mass is 32.2. The number of nitrogens with two attached hydrogens (primary N) is 1. The predicted molar refractivity (Wildman–Crippen MR) is 75.7 cm³/mol. The van der Waals surface area contributed by atoms with Gasteiger partial charge in [0.05, 0.1) is 6.61 Å². The summed E-state index contributed by atoms with van der Waals surface area (Å²) in [5.74, 6) is 1.87. The minimum atomic E-state index is -0.196. The molecule has 1 unspecified atom stereocenters. The molecule has 0 spiro atoms. The van der Waals surface area contributed by atoms with Gasteiger partial charge in [-0.1, -0.05) is 6.92 Å². The van der Waals surface area contributed by atoms with Crippen LogP contribution in [0.3, 0.4) is 0 Å². The summed E-state index contributed by atoms with van der Waals surface area (Å²) in [6, 6.07) is 0. The maximum Gasteiger partial charge on any atom is 0.305 e. The highest BCUT2D eigenvalue weighted by molar-refractivity contribution is 7.99. The van der Waals surface area contributed by atoms with E-state index in [1.54, 1.807) is 18.7 Å². The molecule has 0 aliphatic carbocycles. The Morgan fingerprint density at radius 1 is 1.33 bits per heavy atom. The van der Waals surface area contributed by atoms with E-state index in [4.69, 9.17) is 10.5 Å². The molecule has 0 amide bonds. The monoisotopic (exact) mass is 275 g/mol. The quantitative estimate of drug-likeness (QED) is 0.461. The van der Waals surface area contributed by atoms with Crippen molar-refractivity contribution in [1.82, 2.24) is 0 Å². The minimum absolute atomic E-state index is 0.00217. The highest BCUT2D eigenvalue weighted by Crippen LogP contribution is 2.12. The van der Waals surface area contributed by atoms with Crippen molar-refractivity contribution in [2.75, 3.05) is 24.7 Å². The van der Waals surface area contributed by atoms with Crippen LogP contribution in [0.15, 0.2) is 0 Å². The number of hydrogen-bond acceptors (Lipinski definition) is 5. The van der Waals surface area contributed by atoms with Crippen LogP contribution in [0, 0.1) is 5.92 Å². The van der Waals surface area contributed by atoms with Gasteiger partial charge in [-0.25, -0.2) is 0 Å². The lowest BCUT2D eigenvalue weighted by atomic mass is 9.96. The molecule has 0 saturated carbocycles. The van der Waals surface area contributed by atoms with E-state index in [0.29, 0.717) is 26.0 Å². The second kappa shape index (κ2) is 11.5. The van der Waals surface area contributed by atoms with Crippen LogP contribution >= 0.6 is 11.8 Å². The van der Waals surface area contributed by atoms with Crippen molar-refractivity contribution < 1.29 is 14.3 Å². The predicted octanol–water partition coefficient (Wildman–Crippen LogP) is 2.01. The van der Waals surface area contributed by atoms with Gasteiger partial charge in [-0.3, -0.25) is 9.59 Å². The summed E-state index contributed by atoms with van der Waals surface area (Å²) in [7, 11) is 0. The summed E-state index contributed by atoms with van der Waals surface area (Å²) in [6.07, 6.45) is 2.60. The number of carbonyl (C=O) groups is 2. The summed E-state index contributed by atoms with van der Waals surface area (Å²) in [5.41, 5.74) is 5.36. The molecule has 4 nitrogen and oxygen atoms in total. The molecule has 0 saturated heterocycles. The number of hydrogen-bond donors (Lipinski definition) is 1. The first-order valence-corrected chi connectivity index (χ1v) is 7.71. The van der Waals surface area contributed by atoms with Crippen LogP contribution < -0.4 is 5.73 Å². The Morgan fingerprint density at radius 3 is 2.61 bits per heavy atom. The molecule has 106 valence electrons. The highest BCUT2D eigenvalue weighted by Gasteiger charge is 2.14. The molecule has 0 heterocycles. The largest absolute Gasteiger partial charge is 0.466 e. The Morgan fingerprint density at radius 2 is 2.06 bits per heavy atom. The summed E-state index contributed by atoms with van der Waals surface area (Å²) >= 11 is 1.77. The van der Waals surface area contributed by atoms with Gasteiger partial charge in [0.2, 0.25) is 0 Å². The van der Waals surface area contributed by atoms with Gasteiger partial charge in [0.25, 0.3) is 0 Å². The fraction of sp³-hybridized carbons (Fsp3) is 0.846. The van der Waals surface area contributed by atoms with E-state index >= 15 is 0 Å². The van der Waals surface area contributed by atoms with E-state index in [1.165, 1.54) is 0 Å². The zero-order valence-electron chi connectivity index (χ0n) is 11.4. The third kappa shape index (κ3) is 9.48. The van der Waals surface area contributed by atoms with Gasteiger partial charge >= 0.3 is 5.97 Å². The molecule has 0 aliphatic rings. The molecule has 2 N–H and O–H groups in total. The van der Waals surface area contributed by atoms with Crippen LogP contribution in [0.5, 0.6) is 0 Å². The number of carbonyl (C=O) groups excluding carboxylic acids is 2. The molecular formula is C13H25NO3S. The standard InChI is InChI=1S/C13H25NO3S/c1-3-12(11(2)15)5-6-13(16)17-8-4-9-18-10-7-14/h12H,3-10,14H2,1-2H3. The van der Waals surface area contributed by atoms with E-state index in [2.05, 4.69) is 0 Å². The third-order valence-electron chi connectivity index (χ3n) is 2.72. The lowest BCUT2D eigenvalue weighted by Gasteiger charge is -2.10. The lowest BCUT2D eigenvalue weighted by Crippen LogP contribution is -2.14. The van der Waals surface area contributed by atoms with E-state index < -0.39 is 0 Å². The van der Waals surface area contributed by atoms with Crippen LogP contribution in [-0.2, 0) is 14.3 Å². The molecule has 0 aromatic rings. The molecule has 5 heteroatoms. The molecule has 0 fully saturated rings. The molecule has 0 bridgehead atoms. The molecule has 0 aromatic heterocycles. The van der Waals surface area contributed by atoms with E-state index in [0.717, 1.165) is 24.3 Å². The number of rotatable bonds is 11. The molecule has 0 aromatic carbocycles. The topological polar surface area (TPSA) is 69.4 Å².